The van der Waals surface area contributed by atoms with E-state index < -0.39 is 11.8 Å². The van der Waals surface area contributed by atoms with E-state index in [-0.39, 0.29) is 23.0 Å². The van der Waals surface area contributed by atoms with Gasteiger partial charge in [0, 0.05) is 5.69 Å². The first-order valence-corrected chi connectivity index (χ1v) is 6.53. The minimum absolute atomic E-state index is 0.0106. The number of pyridine rings is 1. The zero-order valence-electron chi connectivity index (χ0n) is 11.2. The summed E-state index contributed by atoms with van der Waals surface area (Å²) in [5.41, 5.74) is 6.52. The van der Waals surface area contributed by atoms with Gasteiger partial charge in [0.15, 0.2) is 0 Å². The number of anilines is 3. The maximum Gasteiger partial charge on any atom is 0.341 e. The van der Waals surface area contributed by atoms with Crippen molar-refractivity contribution in [3.05, 3.63) is 46.9 Å². The van der Waals surface area contributed by atoms with Crippen LogP contribution in [0.2, 0.25) is 5.02 Å². The second-order valence-corrected chi connectivity index (χ2v) is 4.55. The van der Waals surface area contributed by atoms with E-state index in [1.807, 2.05) is 0 Å². The Morgan fingerprint density at radius 1 is 1.48 bits per heavy atom. The second kappa shape index (κ2) is 6.41. The monoisotopic (exact) mass is 309 g/mol. The van der Waals surface area contributed by atoms with Crippen LogP contribution in [0, 0.1) is 5.82 Å². The number of rotatable bonds is 4. The molecule has 0 saturated heterocycles. The number of nitrogens with one attached hydrogen (secondary N) is 1. The van der Waals surface area contributed by atoms with E-state index in [4.69, 9.17) is 22.1 Å². The highest BCUT2D eigenvalue weighted by Gasteiger charge is 2.15. The van der Waals surface area contributed by atoms with Crippen molar-refractivity contribution >= 4 is 34.8 Å². The topological polar surface area (TPSA) is 77.2 Å². The van der Waals surface area contributed by atoms with Gasteiger partial charge < -0.3 is 15.8 Å². The first-order valence-electron chi connectivity index (χ1n) is 6.16. The number of carbonyl (C=O) groups excluding carboxylic acids is 1. The summed E-state index contributed by atoms with van der Waals surface area (Å²) in [5.74, 6) is -0.909. The van der Waals surface area contributed by atoms with Gasteiger partial charge in [-0.05, 0) is 31.2 Å². The van der Waals surface area contributed by atoms with E-state index in [9.17, 15) is 9.18 Å². The van der Waals surface area contributed by atoms with Gasteiger partial charge in [0.05, 0.1) is 23.5 Å². The van der Waals surface area contributed by atoms with Crippen molar-refractivity contribution in [2.45, 2.75) is 6.92 Å². The summed E-state index contributed by atoms with van der Waals surface area (Å²) in [6.45, 7) is 1.92. The molecule has 21 heavy (non-hydrogen) atoms. The summed E-state index contributed by atoms with van der Waals surface area (Å²) in [4.78, 5) is 15.9. The van der Waals surface area contributed by atoms with Crippen molar-refractivity contribution < 1.29 is 13.9 Å². The number of esters is 1. The zero-order valence-corrected chi connectivity index (χ0v) is 11.9. The molecule has 0 radical (unpaired) electrons. The molecule has 0 aliphatic carbocycles. The lowest BCUT2D eigenvalue weighted by atomic mass is 10.2. The summed E-state index contributed by atoms with van der Waals surface area (Å²) in [5, 5.41) is 2.85. The van der Waals surface area contributed by atoms with Crippen LogP contribution >= 0.6 is 11.6 Å². The molecule has 0 saturated carbocycles. The van der Waals surface area contributed by atoms with Gasteiger partial charge in [-0.25, -0.2) is 14.2 Å². The van der Waals surface area contributed by atoms with Gasteiger partial charge in [-0.1, -0.05) is 11.6 Å². The predicted molar refractivity (Wildman–Crippen MR) is 79.3 cm³/mol. The SMILES string of the molecule is CCOC(=O)c1cc(N)cnc1Nc1ccc(Cl)c(F)c1. The van der Waals surface area contributed by atoms with Crippen LogP contribution in [0.25, 0.3) is 0 Å². The van der Waals surface area contributed by atoms with Crippen molar-refractivity contribution in [2.75, 3.05) is 17.7 Å². The maximum atomic E-state index is 13.4. The van der Waals surface area contributed by atoms with E-state index in [1.54, 1.807) is 13.0 Å². The Hall–Kier alpha value is -2.34. The molecule has 110 valence electrons. The molecule has 2 rings (SSSR count). The van der Waals surface area contributed by atoms with Crippen LogP contribution in [0.1, 0.15) is 17.3 Å². The molecule has 0 fully saturated rings. The summed E-state index contributed by atoms with van der Waals surface area (Å²) in [6, 6.07) is 5.62. The molecule has 5 nitrogen and oxygen atoms in total. The Morgan fingerprint density at radius 2 is 2.24 bits per heavy atom. The third-order valence-corrected chi connectivity index (χ3v) is 2.89. The third kappa shape index (κ3) is 3.61. The number of aromatic nitrogens is 1. The summed E-state index contributed by atoms with van der Waals surface area (Å²) in [7, 11) is 0. The van der Waals surface area contributed by atoms with Crippen LogP contribution in [-0.2, 0) is 4.74 Å². The van der Waals surface area contributed by atoms with Crippen LogP contribution < -0.4 is 11.1 Å². The van der Waals surface area contributed by atoms with E-state index in [1.165, 1.54) is 24.4 Å². The molecule has 1 aromatic carbocycles. The number of hydrogen-bond acceptors (Lipinski definition) is 5. The Labute approximate surface area is 125 Å². The minimum Gasteiger partial charge on any atom is -0.462 e. The number of nitrogens with zero attached hydrogens (tertiary/aromatic N) is 1. The van der Waals surface area contributed by atoms with Crippen molar-refractivity contribution in [2.24, 2.45) is 0 Å². The molecule has 1 heterocycles. The van der Waals surface area contributed by atoms with Gasteiger partial charge in [-0.2, -0.15) is 0 Å². The molecule has 0 aliphatic heterocycles. The van der Waals surface area contributed by atoms with E-state index in [2.05, 4.69) is 10.3 Å². The molecule has 0 unspecified atom stereocenters. The van der Waals surface area contributed by atoms with Gasteiger partial charge >= 0.3 is 5.97 Å². The number of carbonyl (C=O) groups is 1. The first kappa shape index (κ1) is 15.1. The lowest BCUT2D eigenvalue weighted by Gasteiger charge is -2.11. The number of ether oxygens (including phenoxy) is 1. The van der Waals surface area contributed by atoms with Crippen LogP contribution in [0.3, 0.4) is 0 Å². The van der Waals surface area contributed by atoms with Crippen molar-refractivity contribution in [3.8, 4) is 0 Å². The molecule has 1 aromatic heterocycles. The van der Waals surface area contributed by atoms with Gasteiger partial charge in [-0.3, -0.25) is 0 Å². The molecule has 0 atom stereocenters. The molecule has 7 heteroatoms. The quantitative estimate of drug-likeness (QED) is 0.847. The maximum absolute atomic E-state index is 13.4. The average molecular weight is 310 g/mol. The molecule has 0 aliphatic rings. The van der Waals surface area contributed by atoms with Gasteiger partial charge in [-0.15, -0.1) is 0 Å². The Morgan fingerprint density at radius 3 is 2.90 bits per heavy atom. The summed E-state index contributed by atoms with van der Waals surface area (Å²) in [6.07, 6.45) is 1.39. The van der Waals surface area contributed by atoms with Crippen molar-refractivity contribution in [1.29, 1.82) is 0 Å². The van der Waals surface area contributed by atoms with Crippen LogP contribution in [-0.4, -0.2) is 17.6 Å². The molecule has 0 amide bonds. The number of hydrogen-bond donors (Lipinski definition) is 2. The van der Waals surface area contributed by atoms with Crippen molar-refractivity contribution in [1.82, 2.24) is 4.98 Å². The predicted octanol–water partition coefficient (Wildman–Crippen LogP) is 3.38. The molecular weight excluding hydrogens is 297 g/mol. The Kier molecular flexibility index (Phi) is 4.59. The molecule has 3 N–H and O–H groups in total. The van der Waals surface area contributed by atoms with Gasteiger partial charge in [0.25, 0.3) is 0 Å². The lowest BCUT2D eigenvalue weighted by Crippen LogP contribution is -2.10. The Bertz CT molecular complexity index is 679. The van der Waals surface area contributed by atoms with Crippen LogP contribution in [0.4, 0.5) is 21.6 Å². The first-order chi connectivity index (χ1) is 10.0. The molecule has 2 aromatic rings. The smallest absolute Gasteiger partial charge is 0.341 e. The number of halogens is 2. The summed E-state index contributed by atoms with van der Waals surface area (Å²) >= 11 is 5.62. The van der Waals surface area contributed by atoms with Crippen LogP contribution in [0.5, 0.6) is 0 Å². The lowest BCUT2D eigenvalue weighted by molar-refractivity contribution is 0.0527. The minimum atomic E-state index is -0.574. The van der Waals surface area contributed by atoms with E-state index in [0.29, 0.717) is 11.4 Å². The van der Waals surface area contributed by atoms with Gasteiger partial charge in [0.2, 0.25) is 0 Å². The Balaban J connectivity index is 2.34. The number of nitrogens with two attached hydrogens (primary N) is 1. The number of nitrogen functional groups attached to an aromatic ring is 1. The van der Waals surface area contributed by atoms with E-state index in [0.717, 1.165) is 0 Å². The highest BCUT2D eigenvalue weighted by atomic mass is 35.5. The molecule has 0 bridgehead atoms. The molecular formula is C14H13ClFN3O2. The van der Waals surface area contributed by atoms with Crippen molar-refractivity contribution in [3.63, 3.8) is 0 Å². The van der Waals surface area contributed by atoms with Gasteiger partial charge in [0.1, 0.15) is 17.2 Å². The van der Waals surface area contributed by atoms with Crippen LogP contribution in [0.15, 0.2) is 30.5 Å². The largest absolute Gasteiger partial charge is 0.462 e. The normalized spacial score (nSPS) is 10.2. The third-order valence-electron chi connectivity index (χ3n) is 2.59. The van der Waals surface area contributed by atoms with E-state index >= 15 is 0 Å². The fourth-order valence-corrected chi connectivity index (χ4v) is 1.77. The second-order valence-electron chi connectivity index (χ2n) is 4.14. The molecule has 0 spiro atoms. The average Bonchev–Trinajstić information content (AvgIpc) is 2.45. The highest BCUT2D eigenvalue weighted by Crippen LogP contribution is 2.24. The fraction of sp³-hybridized carbons (Fsp3) is 0.143. The highest BCUT2D eigenvalue weighted by molar-refractivity contribution is 6.30. The standard InChI is InChI=1S/C14H13ClFN3O2/c1-2-21-14(20)10-5-8(17)7-18-13(10)19-9-3-4-11(15)12(16)6-9/h3-7H,2,17H2,1H3,(H,18,19). The zero-order chi connectivity index (χ0) is 15.4. The summed E-state index contributed by atoms with van der Waals surface area (Å²) < 4.78 is 18.4. The fourth-order valence-electron chi connectivity index (χ4n) is 1.66. The number of benzene rings is 1.